The Balaban J connectivity index is 1.74. The first-order valence-corrected chi connectivity index (χ1v) is 9.14. The zero-order valence-electron chi connectivity index (χ0n) is 11.7. The molecule has 2 radical (unpaired) electrons. The second kappa shape index (κ2) is 8.30. The van der Waals surface area contributed by atoms with Gasteiger partial charge >= 0.3 is 0 Å². The molecule has 0 amide bonds. The average Bonchev–Trinajstić information content (AvgIpc) is 2.41. The SMILES string of the molecule is C[Si]OC(NC1CCCCC1)NC1CCCCC1. The van der Waals surface area contributed by atoms with Crippen LogP contribution in [0, 0.1) is 0 Å². The highest BCUT2D eigenvalue weighted by molar-refractivity contribution is 6.24. The van der Waals surface area contributed by atoms with E-state index >= 15 is 0 Å². The minimum atomic E-state index is 0.0829. The lowest BCUT2D eigenvalue weighted by Crippen LogP contribution is -2.53. The van der Waals surface area contributed by atoms with Gasteiger partial charge < -0.3 is 4.43 Å². The second-order valence-electron chi connectivity index (χ2n) is 5.71. The molecule has 0 aromatic heterocycles. The fourth-order valence-corrected chi connectivity index (χ4v) is 3.57. The summed E-state index contributed by atoms with van der Waals surface area (Å²) in [6.45, 7) is 2.11. The summed E-state index contributed by atoms with van der Waals surface area (Å²) >= 11 is 0. The van der Waals surface area contributed by atoms with Crippen LogP contribution in [0.2, 0.25) is 6.55 Å². The third-order valence-corrected chi connectivity index (χ3v) is 4.69. The Morgan fingerprint density at radius 2 is 1.28 bits per heavy atom. The van der Waals surface area contributed by atoms with Crippen molar-refractivity contribution >= 4 is 9.76 Å². The lowest BCUT2D eigenvalue weighted by molar-refractivity contribution is 0.0903. The van der Waals surface area contributed by atoms with Crippen LogP contribution in [0.3, 0.4) is 0 Å². The topological polar surface area (TPSA) is 33.3 Å². The van der Waals surface area contributed by atoms with Crippen molar-refractivity contribution in [2.75, 3.05) is 0 Å². The van der Waals surface area contributed by atoms with Crippen molar-refractivity contribution in [1.82, 2.24) is 10.6 Å². The molecular weight excluding hydrogens is 240 g/mol. The maximum absolute atomic E-state index is 5.85. The lowest BCUT2D eigenvalue weighted by atomic mass is 9.95. The molecular formula is C14H28N2OSi. The molecule has 2 aliphatic carbocycles. The van der Waals surface area contributed by atoms with Crippen LogP contribution in [0.25, 0.3) is 0 Å². The van der Waals surface area contributed by atoms with Crippen LogP contribution in [0.5, 0.6) is 0 Å². The minimum absolute atomic E-state index is 0.0829. The van der Waals surface area contributed by atoms with Crippen LogP contribution in [0.15, 0.2) is 0 Å². The molecule has 2 aliphatic rings. The van der Waals surface area contributed by atoms with Crippen molar-refractivity contribution in [3.63, 3.8) is 0 Å². The minimum Gasteiger partial charge on any atom is -0.391 e. The predicted octanol–water partition coefficient (Wildman–Crippen LogP) is 2.80. The van der Waals surface area contributed by atoms with Crippen molar-refractivity contribution in [3.8, 4) is 0 Å². The summed E-state index contributed by atoms with van der Waals surface area (Å²) in [7, 11) is 0.555. The standard InChI is InChI=1S/C14H28N2OSi/c1-18-17-14(15-12-8-4-2-5-9-12)16-13-10-6-3-7-11-13/h12-16H,2-11H2,1H3. The molecule has 104 valence electrons. The van der Waals surface area contributed by atoms with Crippen molar-refractivity contribution in [3.05, 3.63) is 0 Å². The first-order chi connectivity index (χ1) is 8.88. The van der Waals surface area contributed by atoms with Gasteiger partial charge in [0.05, 0.1) is 0 Å². The molecule has 0 unspecified atom stereocenters. The van der Waals surface area contributed by atoms with Crippen LogP contribution in [0.4, 0.5) is 0 Å². The van der Waals surface area contributed by atoms with Gasteiger partial charge in [-0.15, -0.1) is 0 Å². The normalized spacial score (nSPS) is 23.7. The van der Waals surface area contributed by atoms with E-state index in [9.17, 15) is 0 Å². The van der Waals surface area contributed by atoms with E-state index in [1.807, 2.05) is 0 Å². The first-order valence-electron chi connectivity index (χ1n) is 7.73. The van der Waals surface area contributed by atoms with Crippen molar-refractivity contribution in [2.45, 2.75) is 89.2 Å². The maximum atomic E-state index is 5.85. The number of hydrogen-bond donors (Lipinski definition) is 2. The van der Waals surface area contributed by atoms with E-state index < -0.39 is 0 Å². The lowest BCUT2D eigenvalue weighted by Gasteiger charge is -2.33. The van der Waals surface area contributed by atoms with Gasteiger partial charge in [-0.1, -0.05) is 38.5 Å². The van der Waals surface area contributed by atoms with Gasteiger partial charge in [0.1, 0.15) is 0 Å². The molecule has 2 N–H and O–H groups in total. The molecule has 4 heteroatoms. The van der Waals surface area contributed by atoms with Gasteiger partial charge in [-0.05, 0) is 32.2 Å². The molecule has 2 saturated carbocycles. The molecule has 0 aromatic carbocycles. The summed E-state index contributed by atoms with van der Waals surface area (Å²) in [5.41, 5.74) is 0. The van der Waals surface area contributed by atoms with Gasteiger partial charge in [0.25, 0.3) is 0 Å². The van der Waals surface area contributed by atoms with E-state index in [0.29, 0.717) is 21.8 Å². The number of rotatable bonds is 6. The summed E-state index contributed by atoms with van der Waals surface area (Å²) in [5, 5.41) is 7.36. The zero-order chi connectivity index (χ0) is 12.6. The Labute approximate surface area is 114 Å². The largest absolute Gasteiger partial charge is 0.391 e. The quantitative estimate of drug-likeness (QED) is 0.574. The van der Waals surface area contributed by atoms with Crippen LogP contribution in [-0.2, 0) is 4.43 Å². The van der Waals surface area contributed by atoms with Crippen LogP contribution < -0.4 is 10.6 Å². The molecule has 0 spiro atoms. The van der Waals surface area contributed by atoms with Crippen LogP contribution in [-0.4, -0.2) is 28.2 Å². The molecule has 18 heavy (non-hydrogen) atoms. The van der Waals surface area contributed by atoms with Gasteiger partial charge in [-0.3, -0.25) is 10.6 Å². The van der Waals surface area contributed by atoms with E-state index in [0.717, 1.165) is 0 Å². The van der Waals surface area contributed by atoms with E-state index in [4.69, 9.17) is 4.43 Å². The van der Waals surface area contributed by atoms with Crippen LogP contribution >= 0.6 is 0 Å². The highest BCUT2D eigenvalue weighted by atomic mass is 28.2. The van der Waals surface area contributed by atoms with Crippen molar-refractivity contribution in [1.29, 1.82) is 0 Å². The molecule has 0 bridgehead atoms. The fourth-order valence-electron chi connectivity index (χ4n) is 3.20. The van der Waals surface area contributed by atoms with Crippen LogP contribution in [0.1, 0.15) is 64.2 Å². The second-order valence-corrected chi connectivity index (χ2v) is 6.35. The smallest absolute Gasteiger partial charge is 0.230 e. The molecule has 2 rings (SSSR count). The summed E-state index contributed by atoms with van der Waals surface area (Å²) in [5.74, 6) is 0. The monoisotopic (exact) mass is 268 g/mol. The highest BCUT2D eigenvalue weighted by Crippen LogP contribution is 2.20. The molecule has 2 fully saturated rings. The Morgan fingerprint density at radius 1 is 0.833 bits per heavy atom. The van der Waals surface area contributed by atoms with Crippen molar-refractivity contribution < 1.29 is 4.43 Å². The zero-order valence-corrected chi connectivity index (χ0v) is 12.7. The molecule has 0 atom stereocenters. The number of hydrogen-bond acceptors (Lipinski definition) is 3. The van der Waals surface area contributed by atoms with Gasteiger partial charge in [0.2, 0.25) is 9.76 Å². The number of nitrogens with one attached hydrogen (secondary N) is 2. The van der Waals surface area contributed by atoms with Gasteiger partial charge in [0.15, 0.2) is 6.35 Å². The Bertz CT molecular complexity index is 196. The Kier molecular flexibility index (Phi) is 6.69. The third kappa shape index (κ3) is 5.00. The summed E-state index contributed by atoms with van der Waals surface area (Å²) in [4.78, 5) is 0. The molecule has 0 saturated heterocycles. The average molecular weight is 268 g/mol. The predicted molar refractivity (Wildman–Crippen MR) is 76.5 cm³/mol. The van der Waals surface area contributed by atoms with Crippen molar-refractivity contribution in [2.24, 2.45) is 0 Å². The maximum Gasteiger partial charge on any atom is 0.230 e. The van der Waals surface area contributed by atoms with E-state index in [1.54, 1.807) is 0 Å². The fraction of sp³-hybridized carbons (Fsp3) is 1.00. The third-order valence-electron chi connectivity index (χ3n) is 4.22. The van der Waals surface area contributed by atoms with E-state index in [1.165, 1.54) is 64.2 Å². The molecule has 3 nitrogen and oxygen atoms in total. The van der Waals surface area contributed by atoms with E-state index in [2.05, 4.69) is 17.2 Å². The molecule has 0 aromatic rings. The highest BCUT2D eigenvalue weighted by Gasteiger charge is 2.21. The van der Waals surface area contributed by atoms with Gasteiger partial charge in [-0.2, -0.15) is 0 Å². The summed E-state index contributed by atoms with van der Waals surface area (Å²) in [6.07, 6.45) is 13.7. The van der Waals surface area contributed by atoms with Gasteiger partial charge in [0, 0.05) is 12.1 Å². The summed E-state index contributed by atoms with van der Waals surface area (Å²) in [6, 6.07) is 1.33. The molecule has 0 aliphatic heterocycles. The summed E-state index contributed by atoms with van der Waals surface area (Å²) < 4.78 is 5.85. The van der Waals surface area contributed by atoms with Gasteiger partial charge in [-0.25, -0.2) is 0 Å². The first kappa shape index (κ1) is 14.5. The van der Waals surface area contributed by atoms with E-state index in [-0.39, 0.29) is 6.35 Å². The Hall–Kier alpha value is 0.0969. The molecule has 0 heterocycles. The Morgan fingerprint density at radius 3 is 1.67 bits per heavy atom.